The number of carbonyl (C=O) groups excluding carboxylic acids is 3. The number of thiophene rings is 1. The van der Waals surface area contributed by atoms with Gasteiger partial charge < -0.3 is 15.4 Å². The Morgan fingerprint density at radius 1 is 0.929 bits per heavy atom. The molecule has 2 aromatic carbocycles. The van der Waals surface area contributed by atoms with Crippen LogP contribution in [0.5, 0.6) is 5.75 Å². The molecule has 0 bridgehead atoms. The van der Waals surface area contributed by atoms with E-state index in [1.807, 2.05) is 18.4 Å². The van der Waals surface area contributed by atoms with Crippen molar-refractivity contribution >= 4 is 40.5 Å². The van der Waals surface area contributed by atoms with Gasteiger partial charge in [0.05, 0.1) is 10.6 Å². The lowest BCUT2D eigenvalue weighted by molar-refractivity contribution is -0.131. The molecule has 0 spiro atoms. The molecule has 28 heavy (non-hydrogen) atoms. The number of aryl methyl sites for hydroxylation is 1. The van der Waals surface area contributed by atoms with Crippen molar-refractivity contribution in [1.82, 2.24) is 0 Å². The summed E-state index contributed by atoms with van der Waals surface area (Å²) in [7, 11) is 0. The van der Waals surface area contributed by atoms with Gasteiger partial charge >= 0.3 is 5.97 Å². The van der Waals surface area contributed by atoms with Crippen molar-refractivity contribution in [2.24, 2.45) is 0 Å². The number of benzene rings is 2. The molecule has 2 amide bonds. The van der Waals surface area contributed by atoms with E-state index in [2.05, 4.69) is 10.6 Å². The van der Waals surface area contributed by atoms with Crippen LogP contribution in [-0.2, 0) is 4.79 Å². The van der Waals surface area contributed by atoms with E-state index in [9.17, 15) is 14.4 Å². The highest BCUT2D eigenvalue weighted by Gasteiger charge is 2.14. The van der Waals surface area contributed by atoms with E-state index in [1.165, 1.54) is 24.3 Å². The average Bonchev–Trinajstić information content (AvgIpc) is 3.18. The zero-order valence-corrected chi connectivity index (χ0v) is 16.1. The average molecular weight is 394 g/mol. The number of anilines is 2. The molecule has 0 aliphatic heterocycles. The van der Waals surface area contributed by atoms with Crippen LogP contribution < -0.4 is 15.4 Å². The SMILES string of the molecule is CC(=O)Oc1cc(NC(=O)c2cccs2)ccc1NC(=O)c1cccc(C)c1. The van der Waals surface area contributed by atoms with Crippen molar-refractivity contribution in [2.45, 2.75) is 13.8 Å². The van der Waals surface area contributed by atoms with E-state index >= 15 is 0 Å². The first-order valence-corrected chi connectivity index (χ1v) is 9.35. The minimum Gasteiger partial charge on any atom is -0.424 e. The zero-order valence-electron chi connectivity index (χ0n) is 15.3. The molecule has 0 fully saturated rings. The normalized spacial score (nSPS) is 10.2. The first kappa shape index (κ1) is 19.3. The standard InChI is InChI=1S/C21H18N2O4S/c1-13-5-3-6-15(11-13)20(25)23-17-9-8-16(12-18(17)27-14(2)24)22-21(26)19-7-4-10-28-19/h3-12H,1-2H3,(H,22,26)(H,23,25). The Morgan fingerprint density at radius 3 is 2.43 bits per heavy atom. The van der Waals surface area contributed by atoms with Crippen molar-refractivity contribution in [3.8, 4) is 5.75 Å². The third-order valence-electron chi connectivity index (χ3n) is 3.77. The predicted molar refractivity (Wildman–Crippen MR) is 109 cm³/mol. The largest absolute Gasteiger partial charge is 0.424 e. The quantitative estimate of drug-likeness (QED) is 0.493. The number of hydrogen-bond acceptors (Lipinski definition) is 5. The molecule has 3 rings (SSSR count). The molecule has 0 aliphatic carbocycles. The number of amides is 2. The number of ether oxygens (including phenoxy) is 1. The highest BCUT2D eigenvalue weighted by Crippen LogP contribution is 2.29. The first-order valence-electron chi connectivity index (χ1n) is 8.48. The molecule has 6 nitrogen and oxygen atoms in total. The number of rotatable bonds is 5. The van der Waals surface area contributed by atoms with Gasteiger partial charge in [0.2, 0.25) is 0 Å². The van der Waals surface area contributed by atoms with Gasteiger partial charge in [0.15, 0.2) is 5.75 Å². The lowest BCUT2D eigenvalue weighted by atomic mass is 10.1. The summed E-state index contributed by atoms with van der Waals surface area (Å²) in [5.74, 6) is -0.974. The highest BCUT2D eigenvalue weighted by molar-refractivity contribution is 7.12. The molecule has 0 saturated heterocycles. The fourth-order valence-electron chi connectivity index (χ4n) is 2.52. The fourth-order valence-corrected chi connectivity index (χ4v) is 3.14. The van der Waals surface area contributed by atoms with E-state index in [0.29, 0.717) is 21.8 Å². The van der Waals surface area contributed by atoms with Crippen molar-refractivity contribution in [1.29, 1.82) is 0 Å². The maximum atomic E-state index is 12.5. The van der Waals surface area contributed by atoms with Crippen LogP contribution in [0.2, 0.25) is 0 Å². The third-order valence-corrected chi connectivity index (χ3v) is 4.64. The summed E-state index contributed by atoms with van der Waals surface area (Å²) in [5, 5.41) is 7.29. The maximum Gasteiger partial charge on any atom is 0.308 e. The van der Waals surface area contributed by atoms with Crippen LogP contribution in [0.15, 0.2) is 60.0 Å². The van der Waals surface area contributed by atoms with Gasteiger partial charge in [0.1, 0.15) is 0 Å². The summed E-state index contributed by atoms with van der Waals surface area (Å²) in [6.07, 6.45) is 0. The number of carbonyl (C=O) groups is 3. The number of esters is 1. The Labute approximate surface area is 166 Å². The van der Waals surface area contributed by atoms with Crippen LogP contribution >= 0.6 is 11.3 Å². The Bertz CT molecular complexity index is 1030. The van der Waals surface area contributed by atoms with E-state index in [-0.39, 0.29) is 17.6 Å². The topological polar surface area (TPSA) is 84.5 Å². The van der Waals surface area contributed by atoms with Crippen LogP contribution in [-0.4, -0.2) is 17.8 Å². The lowest BCUT2D eigenvalue weighted by Crippen LogP contribution is -2.15. The molecular formula is C21H18N2O4S. The second kappa shape index (κ2) is 8.49. The minimum absolute atomic E-state index is 0.150. The molecule has 0 unspecified atom stereocenters. The van der Waals surface area contributed by atoms with Gasteiger partial charge in [-0.3, -0.25) is 14.4 Å². The van der Waals surface area contributed by atoms with E-state index in [1.54, 1.807) is 42.5 Å². The first-order chi connectivity index (χ1) is 13.4. The fraction of sp³-hybridized carbons (Fsp3) is 0.0952. The molecule has 3 aromatic rings. The molecule has 1 aromatic heterocycles. The van der Waals surface area contributed by atoms with Crippen LogP contribution in [0, 0.1) is 6.92 Å². The molecule has 142 valence electrons. The summed E-state index contributed by atoms with van der Waals surface area (Å²) in [4.78, 5) is 36.7. The molecule has 0 saturated carbocycles. The molecular weight excluding hydrogens is 376 g/mol. The smallest absolute Gasteiger partial charge is 0.308 e. The number of nitrogens with one attached hydrogen (secondary N) is 2. The van der Waals surface area contributed by atoms with Gasteiger partial charge in [-0.25, -0.2) is 0 Å². The molecule has 7 heteroatoms. The summed E-state index contributed by atoms with van der Waals surface area (Å²) in [6.45, 7) is 3.16. The highest BCUT2D eigenvalue weighted by atomic mass is 32.1. The van der Waals surface area contributed by atoms with Gasteiger partial charge in [0.25, 0.3) is 11.8 Å². The number of hydrogen-bond donors (Lipinski definition) is 2. The second-order valence-electron chi connectivity index (χ2n) is 6.06. The van der Waals surface area contributed by atoms with Crippen molar-refractivity contribution in [3.05, 3.63) is 76.0 Å². The van der Waals surface area contributed by atoms with Gasteiger partial charge in [-0.05, 0) is 42.6 Å². The summed E-state index contributed by atoms with van der Waals surface area (Å²) in [5.41, 5.74) is 2.22. The third kappa shape index (κ3) is 4.83. The monoisotopic (exact) mass is 394 g/mol. The molecule has 0 atom stereocenters. The summed E-state index contributed by atoms with van der Waals surface area (Å²) < 4.78 is 5.22. The summed E-state index contributed by atoms with van der Waals surface area (Å²) in [6, 6.07) is 15.4. The van der Waals surface area contributed by atoms with Crippen LogP contribution in [0.4, 0.5) is 11.4 Å². The van der Waals surface area contributed by atoms with Crippen molar-refractivity contribution in [3.63, 3.8) is 0 Å². The molecule has 0 aliphatic rings. The molecule has 2 N–H and O–H groups in total. The predicted octanol–water partition coefficient (Wildman–Crippen LogP) is 4.49. The van der Waals surface area contributed by atoms with Crippen LogP contribution in [0.1, 0.15) is 32.5 Å². The van der Waals surface area contributed by atoms with Crippen LogP contribution in [0.25, 0.3) is 0 Å². The van der Waals surface area contributed by atoms with E-state index < -0.39 is 5.97 Å². The maximum absolute atomic E-state index is 12.5. The lowest BCUT2D eigenvalue weighted by Gasteiger charge is -2.13. The Morgan fingerprint density at radius 2 is 1.75 bits per heavy atom. The van der Waals surface area contributed by atoms with Crippen molar-refractivity contribution < 1.29 is 19.1 Å². The van der Waals surface area contributed by atoms with Gasteiger partial charge in [0, 0.05) is 24.2 Å². The Balaban J connectivity index is 1.83. The second-order valence-corrected chi connectivity index (χ2v) is 7.01. The minimum atomic E-state index is -0.534. The van der Waals surface area contributed by atoms with Crippen LogP contribution in [0.3, 0.4) is 0 Å². The van der Waals surface area contributed by atoms with Gasteiger partial charge in [-0.1, -0.05) is 23.8 Å². The summed E-state index contributed by atoms with van der Waals surface area (Å²) >= 11 is 1.32. The Kier molecular flexibility index (Phi) is 5.86. The van der Waals surface area contributed by atoms with E-state index in [0.717, 1.165) is 5.56 Å². The van der Waals surface area contributed by atoms with Gasteiger partial charge in [-0.15, -0.1) is 11.3 Å². The van der Waals surface area contributed by atoms with Gasteiger partial charge in [-0.2, -0.15) is 0 Å². The van der Waals surface area contributed by atoms with Crippen molar-refractivity contribution in [2.75, 3.05) is 10.6 Å². The molecule has 0 radical (unpaired) electrons. The Hall–Kier alpha value is -3.45. The molecule has 1 heterocycles. The van der Waals surface area contributed by atoms with E-state index in [4.69, 9.17) is 4.74 Å². The zero-order chi connectivity index (χ0) is 20.1.